The Morgan fingerprint density at radius 2 is 1.68 bits per heavy atom. The van der Waals surface area contributed by atoms with E-state index in [0.29, 0.717) is 27.9 Å². The SMILES string of the molecule is N#Cc1ccc(Nc2c(F)cc(F)cc2F)cc1Br. The van der Waals surface area contributed by atoms with Gasteiger partial charge in [-0.05, 0) is 34.1 Å². The molecule has 0 radical (unpaired) electrons. The first-order valence-corrected chi connectivity index (χ1v) is 5.92. The van der Waals surface area contributed by atoms with E-state index in [4.69, 9.17) is 5.26 Å². The third-order valence-electron chi connectivity index (χ3n) is 2.37. The highest BCUT2D eigenvalue weighted by molar-refractivity contribution is 9.10. The Hall–Kier alpha value is -2.00. The van der Waals surface area contributed by atoms with E-state index < -0.39 is 23.1 Å². The molecule has 2 aromatic carbocycles. The second-order valence-electron chi connectivity index (χ2n) is 3.68. The lowest BCUT2D eigenvalue weighted by atomic mass is 10.2. The zero-order valence-electron chi connectivity index (χ0n) is 9.35. The first kappa shape index (κ1) is 13.4. The van der Waals surface area contributed by atoms with Gasteiger partial charge in [-0.25, -0.2) is 13.2 Å². The lowest BCUT2D eigenvalue weighted by molar-refractivity contribution is 0.549. The number of benzene rings is 2. The number of halogens is 4. The maximum atomic E-state index is 13.4. The molecule has 0 aliphatic heterocycles. The molecule has 96 valence electrons. The predicted molar refractivity (Wildman–Crippen MR) is 68.5 cm³/mol. The van der Waals surface area contributed by atoms with E-state index in [1.165, 1.54) is 18.2 Å². The van der Waals surface area contributed by atoms with Gasteiger partial charge in [-0.2, -0.15) is 5.26 Å². The van der Waals surface area contributed by atoms with Gasteiger partial charge in [0.2, 0.25) is 0 Å². The number of nitriles is 1. The Bertz CT molecular complexity index is 657. The van der Waals surface area contributed by atoms with Gasteiger partial charge in [0, 0.05) is 22.3 Å². The Balaban J connectivity index is 2.37. The van der Waals surface area contributed by atoms with Crippen molar-refractivity contribution in [3.63, 3.8) is 0 Å². The maximum absolute atomic E-state index is 13.4. The predicted octanol–water partition coefficient (Wildman–Crippen LogP) is 4.48. The minimum atomic E-state index is -1.03. The van der Waals surface area contributed by atoms with Crippen LogP contribution in [0, 0.1) is 28.8 Å². The largest absolute Gasteiger partial charge is 0.351 e. The van der Waals surface area contributed by atoms with Crippen LogP contribution in [0.4, 0.5) is 24.5 Å². The molecule has 2 aromatic rings. The lowest BCUT2D eigenvalue weighted by Gasteiger charge is -2.09. The van der Waals surface area contributed by atoms with Crippen molar-refractivity contribution in [3.8, 4) is 6.07 Å². The zero-order valence-corrected chi connectivity index (χ0v) is 10.9. The van der Waals surface area contributed by atoms with Gasteiger partial charge in [-0.3, -0.25) is 0 Å². The number of anilines is 2. The molecule has 0 spiro atoms. The Kier molecular flexibility index (Phi) is 3.76. The Morgan fingerprint density at radius 1 is 1.05 bits per heavy atom. The van der Waals surface area contributed by atoms with Crippen LogP contribution in [-0.4, -0.2) is 0 Å². The highest BCUT2D eigenvalue weighted by Gasteiger charge is 2.12. The van der Waals surface area contributed by atoms with Crippen LogP contribution in [0.1, 0.15) is 5.56 Å². The third kappa shape index (κ3) is 2.88. The molecule has 0 heterocycles. The fraction of sp³-hybridized carbons (Fsp3) is 0. The van der Waals surface area contributed by atoms with E-state index >= 15 is 0 Å². The molecule has 0 saturated heterocycles. The first-order valence-electron chi connectivity index (χ1n) is 5.12. The summed E-state index contributed by atoms with van der Waals surface area (Å²) in [5.41, 5.74) is 0.318. The minimum absolute atomic E-state index is 0.371. The van der Waals surface area contributed by atoms with Crippen LogP contribution in [0.25, 0.3) is 0 Å². The van der Waals surface area contributed by atoms with Crippen LogP contribution < -0.4 is 5.32 Å². The molecule has 6 heteroatoms. The van der Waals surface area contributed by atoms with Crippen molar-refractivity contribution in [1.82, 2.24) is 0 Å². The van der Waals surface area contributed by atoms with E-state index in [9.17, 15) is 13.2 Å². The highest BCUT2D eigenvalue weighted by atomic mass is 79.9. The first-order chi connectivity index (χ1) is 9.01. The van der Waals surface area contributed by atoms with Crippen LogP contribution in [0.15, 0.2) is 34.8 Å². The normalized spacial score (nSPS) is 10.1. The molecule has 0 amide bonds. The van der Waals surface area contributed by atoms with Crippen LogP contribution in [0.5, 0.6) is 0 Å². The van der Waals surface area contributed by atoms with Crippen molar-refractivity contribution in [2.24, 2.45) is 0 Å². The van der Waals surface area contributed by atoms with E-state index in [-0.39, 0.29) is 0 Å². The summed E-state index contributed by atoms with van der Waals surface area (Å²) < 4.78 is 40.1. The topological polar surface area (TPSA) is 35.8 Å². The molecule has 0 saturated carbocycles. The fourth-order valence-corrected chi connectivity index (χ4v) is 1.96. The maximum Gasteiger partial charge on any atom is 0.152 e. The van der Waals surface area contributed by atoms with Crippen molar-refractivity contribution in [1.29, 1.82) is 5.26 Å². The number of hydrogen-bond acceptors (Lipinski definition) is 2. The average molecular weight is 327 g/mol. The molecule has 0 fully saturated rings. The van der Waals surface area contributed by atoms with Crippen LogP contribution >= 0.6 is 15.9 Å². The van der Waals surface area contributed by atoms with Crippen molar-refractivity contribution in [2.75, 3.05) is 5.32 Å². The van der Waals surface area contributed by atoms with E-state index in [2.05, 4.69) is 21.2 Å². The number of hydrogen-bond donors (Lipinski definition) is 1. The summed E-state index contributed by atoms with van der Waals surface area (Å²) >= 11 is 3.16. The van der Waals surface area contributed by atoms with Gasteiger partial charge in [0.1, 0.15) is 17.6 Å². The van der Waals surface area contributed by atoms with Gasteiger partial charge in [-0.15, -0.1) is 0 Å². The van der Waals surface area contributed by atoms with E-state index in [0.717, 1.165) is 0 Å². The summed E-state index contributed by atoms with van der Waals surface area (Å²) in [6.07, 6.45) is 0. The monoisotopic (exact) mass is 326 g/mol. The number of nitrogens with zero attached hydrogens (tertiary/aromatic N) is 1. The number of nitrogens with one attached hydrogen (secondary N) is 1. The van der Waals surface area contributed by atoms with Crippen LogP contribution in [0.2, 0.25) is 0 Å². The molecule has 0 atom stereocenters. The second kappa shape index (κ2) is 5.33. The molecule has 1 N–H and O–H groups in total. The quantitative estimate of drug-likeness (QED) is 0.883. The summed E-state index contributed by atoms with van der Waals surface area (Å²) in [5.74, 6) is -3.04. The van der Waals surface area contributed by atoms with Crippen LogP contribution in [0.3, 0.4) is 0 Å². The summed E-state index contributed by atoms with van der Waals surface area (Å²) in [6, 6.07) is 7.60. The summed E-state index contributed by atoms with van der Waals surface area (Å²) in [7, 11) is 0. The Morgan fingerprint density at radius 3 is 2.21 bits per heavy atom. The second-order valence-corrected chi connectivity index (χ2v) is 4.53. The van der Waals surface area contributed by atoms with Gasteiger partial charge in [0.05, 0.1) is 5.56 Å². The molecule has 0 unspecified atom stereocenters. The van der Waals surface area contributed by atoms with Gasteiger partial charge in [0.25, 0.3) is 0 Å². The van der Waals surface area contributed by atoms with Gasteiger partial charge in [-0.1, -0.05) is 0 Å². The summed E-state index contributed by atoms with van der Waals surface area (Å²) in [4.78, 5) is 0. The molecule has 2 rings (SSSR count). The van der Waals surface area contributed by atoms with Gasteiger partial charge < -0.3 is 5.32 Å². The highest BCUT2D eigenvalue weighted by Crippen LogP contribution is 2.27. The van der Waals surface area contributed by atoms with E-state index in [1.54, 1.807) is 0 Å². The van der Waals surface area contributed by atoms with Crippen molar-refractivity contribution in [2.45, 2.75) is 0 Å². The van der Waals surface area contributed by atoms with Gasteiger partial charge in [0.15, 0.2) is 11.6 Å². The molecular formula is C13H6BrF3N2. The number of rotatable bonds is 2. The standard InChI is InChI=1S/C13H6BrF3N2/c14-10-5-9(2-1-7(10)6-18)19-13-11(16)3-8(15)4-12(13)17/h1-5,19H. The molecule has 0 aliphatic rings. The molecule has 2 nitrogen and oxygen atoms in total. The average Bonchev–Trinajstić information content (AvgIpc) is 2.34. The molecular weight excluding hydrogens is 321 g/mol. The lowest BCUT2D eigenvalue weighted by Crippen LogP contribution is -1.99. The van der Waals surface area contributed by atoms with Crippen LogP contribution in [-0.2, 0) is 0 Å². The molecule has 0 aliphatic carbocycles. The molecule has 0 aromatic heterocycles. The minimum Gasteiger partial charge on any atom is -0.351 e. The summed E-state index contributed by atoms with van der Waals surface area (Å²) in [5, 5.41) is 11.3. The smallest absolute Gasteiger partial charge is 0.152 e. The van der Waals surface area contributed by atoms with E-state index in [1.807, 2.05) is 6.07 Å². The Labute approximate surface area is 115 Å². The zero-order chi connectivity index (χ0) is 14.0. The molecule has 19 heavy (non-hydrogen) atoms. The summed E-state index contributed by atoms with van der Waals surface area (Å²) in [6.45, 7) is 0. The third-order valence-corrected chi connectivity index (χ3v) is 3.02. The van der Waals surface area contributed by atoms with Crippen molar-refractivity contribution >= 4 is 27.3 Å². The van der Waals surface area contributed by atoms with Crippen molar-refractivity contribution in [3.05, 3.63) is 57.8 Å². The van der Waals surface area contributed by atoms with Gasteiger partial charge >= 0.3 is 0 Å². The van der Waals surface area contributed by atoms with Crippen molar-refractivity contribution < 1.29 is 13.2 Å². The fourth-order valence-electron chi connectivity index (χ4n) is 1.49. The molecule has 0 bridgehead atoms.